The molecule has 0 spiro atoms. The summed E-state index contributed by atoms with van der Waals surface area (Å²) in [6, 6.07) is 7.12. The summed E-state index contributed by atoms with van der Waals surface area (Å²) >= 11 is 12.9. The van der Waals surface area contributed by atoms with Gasteiger partial charge in [-0.3, -0.25) is 4.79 Å². The van der Waals surface area contributed by atoms with Gasteiger partial charge in [0.05, 0.1) is 14.8 Å². The van der Waals surface area contributed by atoms with Crippen LogP contribution in [0.25, 0.3) is 0 Å². The normalized spacial score (nSPS) is 11.4. The molecule has 1 amide bonds. The van der Waals surface area contributed by atoms with Crippen LogP contribution >= 0.6 is 34.5 Å². The van der Waals surface area contributed by atoms with Gasteiger partial charge < -0.3 is 4.90 Å². The molecule has 0 fully saturated rings. The van der Waals surface area contributed by atoms with Crippen LogP contribution in [0.15, 0.2) is 35.2 Å². The highest BCUT2D eigenvalue weighted by Crippen LogP contribution is 2.32. The van der Waals surface area contributed by atoms with Gasteiger partial charge in [-0.25, -0.2) is 13.6 Å². The number of carbonyl (C=O) groups excluding carboxylic acids is 1. The van der Waals surface area contributed by atoms with Crippen LogP contribution in [0.3, 0.4) is 0 Å². The van der Waals surface area contributed by atoms with E-state index in [0.717, 1.165) is 11.3 Å². The van der Waals surface area contributed by atoms with E-state index in [0.29, 0.717) is 19.9 Å². The van der Waals surface area contributed by atoms with Crippen molar-refractivity contribution in [3.63, 3.8) is 0 Å². The number of nitrogens with zero attached hydrogens (tertiary/aromatic N) is 1. The molecular weight excluding hydrogens is 355 g/mol. The molecule has 1 aromatic carbocycles. The van der Waals surface area contributed by atoms with Gasteiger partial charge in [0.1, 0.15) is 4.34 Å². The number of halogens is 2. The summed E-state index contributed by atoms with van der Waals surface area (Å²) in [6.45, 7) is 0. The minimum Gasteiger partial charge on any atom is -0.311 e. The van der Waals surface area contributed by atoms with Crippen LogP contribution < -0.4 is 10.0 Å². The first-order chi connectivity index (χ1) is 9.70. The molecule has 0 saturated carbocycles. The quantitative estimate of drug-likeness (QED) is 0.908. The Kier molecular flexibility index (Phi) is 4.60. The van der Waals surface area contributed by atoms with Gasteiger partial charge in [-0.15, -0.1) is 11.3 Å². The summed E-state index contributed by atoms with van der Waals surface area (Å²) in [6.07, 6.45) is 0. The maximum absolute atomic E-state index is 12.3. The number of hydrogen-bond donors (Lipinski definition) is 1. The number of amides is 1. The van der Waals surface area contributed by atoms with Crippen molar-refractivity contribution in [3.8, 4) is 0 Å². The van der Waals surface area contributed by atoms with Crippen molar-refractivity contribution in [2.75, 3.05) is 11.9 Å². The number of sulfonamides is 1. The van der Waals surface area contributed by atoms with Gasteiger partial charge in [-0.2, -0.15) is 0 Å². The van der Waals surface area contributed by atoms with E-state index in [1.54, 1.807) is 7.05 Å². The molecule has 2 aromatic rings. The standard InChI is InChI=1S/C12H10Cl2N2O3S2/c1-16(12(17)9-6-10(13)20-11(9)14)7-2-4-8(5-3-7)21(15,18)19/h2-6H,1H3,(H2,15,18,19). The van der Waals surface area contributed by atoms with Crippen LogP contribution in [0.2, 0.25) is 8.67 Å². The van der Waals surface area contributed by atoms with Crippen LogP contribution in [-0.4, -0.2) is 21.4 Å². The van der Waals surface area contributed by atoms with Crippen LogP contribution in [0.5, 0.6) is 0 Å². The zero-order valence-corrected chi connectivity index (χ0v) is 13.9. The van der Waals surface area contributed by atoms with Gasteiger partial charge in [-0.1, -0.05) is 23.2 Å². The van der Waals surface area contributed by atoms with Gasteiger partial charge in [0.25, 0.3) is 5.91 Å². The van der Waals surface area contributed by atoms with E-state index in [2.05, 4.69) is 0 Å². The topological polar surface area (TPSA) is 80.5 Å². The predicted octanol–water partition coefficient (Wildman–Crippen LogP) is 2.98. The van der Waals surface area contributed by atoms with Gasteiger partial charge in [-0.05, 0) is 30.3 Å². The highest BCUT2D eigenvalue weighted by Gasteiger charge is 2.19. The fourth-order valence-electron chi connectivity index (χ4n) is 1.64. The number of anilines is 1. The van der Waals surface area contributed by atoms with E-state index >= 15 is 0 Å². The molecule has 5 nitrogen and oxygen atoms in total. The SMILES string of the molecule is CN(C(=O)c1cc(Cl)sc1Cl)c1ccc(S(N)(=O)=O)cc1. The second-order valence-corrected chi connectivity index (χ2v) is 7.99. The molecule has 0 aliphatic rings. The van der Waals surface area contributed by atoms with E-state index in [1.807, 2.05) is 0 Å². The molecule has 0 bridgehead atoms. The van der Waals surface area contributed by atoms with Gasteiger partial charge in [0, 0.05) is 12.7 Å². The Morgan fingerprint density at radius 2 is 1.81 bits per heavy atom. The summed E-state index contributed by atoms with van der Waals surface area (Å²) in [5.74, 6) is -0.341. The lowest BCUT2D eigenvalue weighted by molar-refractivity contribution is 0.0993. The third-order valence-electron chi connectivity index (χ3n) is 2.74. The Morgan fingerprint density at radius 3 is 2.24 bits per heavy atom. The van der Waals surface area contributed by atoms with E-state index < -0.39 is 10.0 Å². The first kappa shape index (κ1) is 16.3. The van der Waals surface area contributed by atoms with Crippen molar-refractivity contribution in [2.24, 2.45) is 5.14 Å². The van der Waals surface area contributed by atoms with E-state index in [9.17, 15) is 13.2 Å². The lowest BCUT2D eigenvalue weighted by Gasteiger charge is -2.17. The molecule has 112 valence electrons. The van der Waals surface area contributed by atoms with E-state index in [4.69, 9.17) is 28.3 Å². The number of rotatable bonds is 3. The monoisotopic (exact) mass is 364 g/mol. The van der Waals surface area contributed by atoms with Crippen LogP contribution in [0.4, 0.5) is 5.69 Å². The first-order valence-corrected chi connectivity index (χ1v) is 8.68. The van der Waals surface area contributed by atoms with Gasteiger partial charge >= 0.3 is 0 Å². The number of benzene rings is 1. The van der Waals surface area contributed by atoms with E-state index in [1.165, 1.54) is 35.2 Å². The summed E-state index contributed by atoms with van der Waals surface area (Å²) < 4.78 is 23.1. The lowest BCUT2D eigenvalue weighted by Crippen LogP contribution is -2.26. The van der Waals surface area contributed by atoms with Crippen molar-refractivity contribution in [1.29, 1.82) is 0 Å². The highest BCUT2D eigenvalue weighted by molar-refractivity contribution is 7.89. The number of primary sulfonamides is 1. The van der Waals surface area contributed by atoms with Crippen molar-refractivity contribution in [3.05, 3.63) is 44.6 Å². The number of nitrogens with two attached hydrogens (primary N) is 1. The van der Waals surface area contributed by atoms with Crippen LogP contribution in [0, 0.1) is 0 Å². The molecule has 21 heavy (non-hydrogen) atoms. The third kappa shape index (κ3) is 3.56. The number of carbonyl (C=O) groups is 1. The van der Waals surface area contributed by atoms with Crippen LogP contribution in [-0.2, 0) is 10.0 Å². The third-order valence-corrected chi connectivity index (χ3v) is 5.16. The fourth-order valence-corrected chi connectivity index (χ4v) is 3.61. The molecule has 0 radical (unpaired) electrons. The first-order valence-electron chi connectivity index (χ1n) is 5.56. The summed E-state index contributed by atoms with van der Waals surface area (Å²) in [7, 11) is -2.21. The molecule has 1 aromatic heterocycles. The van der Waals surface area contributed by atoms with Gasteiger partial charge in [0.2, 0.25) is 10.0 Å². The van der Waals surface area contributed by atoms with Crippen molar-refractivity contribution >= 4 is 56.2 Å². The molecule has 0 aliphatic carbocycles. The molecule has 0 atom stereocenters. The minimum absolute atomic E-state index is 0.0243. The van der Waals surface area contributed by atoms with E-state index in [-0.39, 0.29) is 10.8 Å². The van der Waals surface area contributed by atoms with Crippen molar-refractivity contribution < 1.29 is 13.2 Å². The lowest BCUT2D eigenvalue weighted by atomic mass is 10.2. The summed E-state index contributed by atoms with van der Waals surface area (Å²) in [5, 5.41) is 5.02. The average Bonchev–Trinajstić information content (AvgIpc) is 2.75. The highest BCUT2D eigenvalue weighted by atomic mass is 35.5. The maximum Gasteiger partial charge on any atom is 0.260 e. The molecule has 2 rings (SSSR count). The van der Waals surface area contributed by atoms with Crippen molar-refractivity contribution in [1.82, 2.24) is 0 Å². The Morgan fingerprint density at radius 1 is 1.24 bits per heavy atom. The fraction of sp³-hybridized carbons (Fsp3) is 0.0833. The van der Waals surface area contributed by atoms with Gasteiger partial charge in [0.15, 0.2) is 0 Å². The molecule has 0 unspecified atom stereocenters. The second-order valence-electron chi connectivity index (χ2n) is 4.14. The molecule has 0 saturated heterocycles. The van der Waals surface area contributed by atoms with Crippen molar-refractivity contribution in [2.45, 2.75) is 4.90 Å². The Hall–Kier alpha value is -1.12. The minimum atomic E-state index is -3.76. The maximum atomic E-state index is 12.3. The predicted molar refractivity (Wildman–Crippen MR) is 84.9 cm³/mol. The smallest absolute Gasteiger partial charge is 0.260 e. The molecule has 2 N–H and O–H groups in total. The molecule has 9 heteroatoms. The largest absolute Gasteiger partial charge is 0.311 e. The Balaban J connectivity index is 2.30. The number of hydrogen-bond acceptors (Lipinski definition) is 4. The molecule has 1 heterocycles. The summed E-state index contributed by atoms with van der Waals surface area (Å²) in [4.78, 5) is 13.6. The second kappa shape index (κ2) is 5.94. The summed E-state index contributed by atoms with van der Waals surface area (Å²) in [5.41, 5.74) is 0.801. The Labute approximate surface area is 135 Å². The molecule has 0 aliphatic heterocycles. The zero-order chi connectivity index (χ0) is 15.8. The van der Waals surface area contributed by atoms with Crippen LogP contribution in [0.1, 0.15) is 10.4 Å². The number of thiophene rings is 1. The zero-order valence-electron chi connectivity index (χ0n) is 10.7. The molecular formula is C12H10Cl2N2O3S2. The average molecular weight is 365 g/mol. The Bertz CT molecular complexity index is 785.